The zero-order valence-electron chi connectivity index (χ0n) is 21.5. The minimum absolute atomic E-state index is 0.0234. The van der Waals surface area contributed by atoms with Gasteiger partial charge in [0.15, 0.2) is 17.4 Å². The molecule has 0 spiro atoms. The number of fused-ring (bicyclic) bond motifs is 5. The molecule has 1 amide bonds. The molecule has 1 aromatic heterocycles. The number of hydrogen-bond acceptors (Lipinski definition) is 5. The van der Waals surface area contributed by atoms with Crippen molar-refractivity contribution < 1.29 is 23.1 Å². The van der Waals surface area contributed by atoms with Crippen LogP contribution in [0.25, 0.3) is 21.7 Å². The minimum Gasteiger partial charge on any atom is -0.444 e. The second-order valence-corrected chi connectivity index (χ2v) is 11.4. The lowest BCUT2D eigenvalue weighted by Gasteiger charge is -2.35. The zero-order valence-corrected chi connectivity index (χ0v) is 21.5. The summed E-state index contributed by atoms with van der Waals surface area (Å²) in [6, 6.07) is 9.00. The molecule has 1 aliphatic heterocycles. The van der Waals surface area contributed by atoms with Crippen LogP contribution >= 0.6 is 0 Å². The number of aromatic nitrogens is 1. The van der Waals surface area contributed by atoms with Gasteiger partial charge in [-0.2, -0.15) is 5.26 Å². The summed E-state index contributed by atoms with van der Waals surface area (Å²) in [7, 11) is 0. The average Bonchev–Trinajstić information content (AvgIpc) is 3.47. The Balaban J connectivity index is 1.37. The normalized spacial score (nSPS) is 21.6. The van der Waals surface area contributed by atoms with E-state index in [9.17, 15) is 28.4 Å². The zero-order chi connectivity index (χ0) is 27.4. The highest BCUT2D eigenvalue weighted by Gasteiger charge is 2.52. The molecule has 1 aliphatic carbocycles. The van der Waals surface area contributed by atoms with E-state index in [1.54, 1.807) is 43.9 Å². The molecule has 3 aromatic rings. The number of amides is 1. The maximum atomic E-state index is 14.2. The van der Waals surface area contributed by atoms with Crippen molar-refractivity contribution in [1.29, 1.82) is 5.26 Å². The number of nitrogens with zero attached hydrogens (tertiary/aromatic N) is 2. The molecular formula is C29H29F2N3O4. The van der Waals surface area contributed by atoms with Crippen LogP contribution in [-0.2, 0) is 16.0 Å². The van der Waals surface area contributed by atoms with Gasteiger partial charge >= 0.3 is 6.09 Å². The summed E-state index contributed by atoms with van der Waals surface area (Å²) in [5.41, 5.74) is -0.781. The fourth-order valence-corrected chi connectivity index (χ4v) is 6.01. The number of ether oxygens (including phenoxy) is 1. The Kier molecular flexibility index (Phi) is 6.46. The fraction of sp³-hybridized carbons (Fsp3) is 0.448. The molecular weight excluding hydrogens is 492 g/mol. The van der Waals surface area contributed by atoms with E-state index in [1.807, 2.05) is 0 Å². The first-order valence-electron chi connectivity index (χ1n) is 12.8. The van der Waals surface area contributed by atoms with E-state index in [1.165, 1.54) is 6.07 Å². The number of aromatic amines is 1. The topological polar surface area (TPSA) is 103 Å². The Morgan fingerprint density at radius 2 is 1.89 bits per heavy atom. The van der Waals surface area contributed by atoms with Crippen molar-refractivity contribution in [3.63, 3.8) is 0 Å². The maximum Gasteiger partial charge on any atom is 0.411 e. The van der Waals surface area contributed by atoms with Crippen LogP contribution in [0.3, 0.4) is 0 Å². The summed E-state index contributed by atoms with van der Waals surface area (Å²) >= 11 is 0. The maximum absolute atomic E-state index is 14.2. The number of carbonyl (C=O) groups excluding carboxylic acids is 2. The lowest BCUT2D eigenvalue weighted by atomic mass is 9.87. The third kappa shape index (κ3) is 4.64. The SMILES string of the molecule is CC(C)(C)OC(=O)N1[C@@H]2CC[C@@H](C2)[C@H]1C(=O)CC(C#N)Cc1ccc2c(c1)c(=O)[nH]c1c(F)c(F)ccc12. The number of rotatable bonds is 5. The standard InChI is InChI=1S/C29H29F2N3O4/c1-29(2,3)38-28(37)34-18-6-5-17(13-18)26(34)23(35)12-16(14-32)10-15-4-7-19-20-8-9-22(30)24(31)25(20)33-27(36)21(19)11-15/h4,7-9,11,16-18,26H,5-6,10,12-13H2,1-3H3,(H,33,36)/t16?,17-,18+,26-/m0/s1. The van der Waals surface area contributed by atoms with Crippen LogP contribution in [-0.4, -0.2) is 39.4 Å². The van der Waals surface area contributed by atoms with E-state index in [0.29, 0.717) is 16.3 Å². The van der Waals surface area contributed by atoms with Gasteiger partial charge in [-0.15, -0.1) is 0 Å². The number of H-pyrrole nitrogens is 1. The number of piperidine rings is 1. The molecule has 1 saturated heterocycles. The smallest absolute Gasteiger partial charge is 0.411 e. The summed E-state index contributed by atoms with van der Waals surface area (Å²) in [4.78, 5) is 43.0. The van der Waals surface area contributed by atoms with Gasteiger partial charge in [-0.1, -0.05) is 12.1 Å². The number of hydrogen-bond donors (Lipinski definition) is 1. The molecule has 1 saturated carbocycles. The molecule has 1 N–H and O–H groups in total. The molecule has 5 rings (SSSR count). The predicted octanol–water partition coefficient (Wildman–Crippen LogP) is 5.39. The highest BCUT2D eigenvalue weighted by atomic mass is 19.2. The second-order valence-electron chi connectivity index (χ2n) is 11.4. The van der Waals surface area contributed by atoms with Gasteiger partial charge in [0.25, 0.3) is 5.56 Å². The Labute approximate surface area is 218 Å². The summed E-state index contributed by atoms with van der Waals surface area (Å²) < 4.78 is 33.4. The molecule has 2 heterocycles. The number of likely N-dealkylation sites (tertiary alicyclic amines) is 1. The van der Waals surface area contributed by atoms with Crippen molar-refractivity contribution in [2.24, 2.45) is 11.8 Å². The summed E-state index contributed by atoms with van der Waals surface area (Å²) in [6.07, 6.45) is 2.17. The van der Waals surface area contributed by atoms with Gasteiger partial charge < -0.3 is 9.72 Å². The van der Waals surface area contributed by atoms with Crippen LogP contribution in [0.4, 0.5) is 13.6 Å². The van der Waals surface area contributed by atoms with E-state index in [0.717, 1.165) is 25.3 Å². The number of nitrogens with one attached hydrogen (secondary N) is 1. The molecule has 198 valence electrons. The average molecular weight is 522 g/mol. The van der Waals surface area contributed by atoms with Crippen LogP contribution in [0.5, 0.6) is 0 Å². The highest BCUT2D eigenvalue weighted by Crippen LogP contribution is 2.44. The third-order valence-electron chi connectivity index (χ3n) is 7.58. The first kappa shape index (κ1) is 25.8. The summed E-state index contributed by atoms with van der Waals surface area (Å²) in [5.74, 6) is -2.92. The Hall–Kier alpha value is -3.80. The van der Waals surface area contributed by atoms with E-state index in [2.05, 4.69) is 11.1 Å². The number of pyridine rings is 1. The molecule has 0 radical (unpaired) electrons. The third-order valence-corrected chi connectivity index (χ3v) is 7.58. The van der Waals surface area contributed by atoms with Crippen LogP contribution in [0.1, 0.15) is 52.0 Å². The van der Waals surface area contributed by atoms with Crippen LogP contribution < -0.4 is 5.56 Å². The van der Waals surface area contributed by atoms with Gasteiger partial charge in [0.1, 0.15) is 5.60 Å². The fourth-order valence-electron chi connectivity index (χ4n) is 6.01. The molecule has 38 heavy (non-hydrogen) atoms. The number of nitriles is 1. The van der Waals surface area contributed by atoms with Gasteiger partial charge in [-0.3, -0.25) is 14.5 Å². The number of benzene rings is 2. The predicted molar refractivity (Wildman–Crippen MR) is 137 cm³/mol. The van der Waals surface area contributed by atoms with Crippen molar-refractivity contribution in [2.75, 3.05) is 0 Å². The van der Waals surface area contributed by atoms with Gasteiger partial charge in [0, 0.05) is 23.2 Å². The summed E-state index contributed by atoms with van der Waals surface area (Å²) in [5, 5.41) is 11.0. The lowest BCUT2D eigenvalue weighted by molar-refractivity contribution is -0.126. The van der Waals surface area contributed by atoms with Crippen LogP contribution in [0.15, 0.2) is 35.1 Å². The monoisotopic (exact) mass is 521 g/mol. The molecule has 1 unspecified atom stereocenters. The molecule has 7 nitrogen and oxygen atoms in total. The first-order chi connectivity index (χ1) is 18.0. The van der Waals surface area contributed by atoms with Crippen molar-refractivity contribution in [3.05, 3.63) is 57.9 Å². The van der Waals surface area contributed by atoms with Crippen molar-refractivity contribution >= 4 is 33.6 Å². The highest BCUT2D eigenvalue weighted by molar-refractivity contribution is 6.05. The minimum atomic E-state index is -1.12. The largest absolute Gasteiger partial charge is 0.444 e. The molecule has 2 aromatic carbocycles. The van der Waals surface area contributed by atoms with Gasteiger partial charge in [-0.25, -0.2) is 13.6 Å². The van der Waals surface area contributed by atoms with Crippen molar-refractivity contribution in [1.82, 2.24) is 9.88 Å². The van der Waals surface area contributed by atoms with Crippen molar-refractivity contribution in [2.45, 2.75) is 70.6 Å². The van der Waals surface area contributed by atoms with E-state index in [-0.39, 0.29) is 41.5 Å². The molecule has 4 atom stereocenters. The number of carbonyl (C=O) groups is 2. The molecule has 2 fully saturated rings. The van der Waals surface area contributed by atoms with E-state index in [4.69, 9.17) is 4.74 Å². The molecule has 2 aliphatic rings. The van der Waals surface area contributed by atoms with Crippen molar-refractivity contribution in [3.8, 4) is 6.07 Å². The van der Waals surface area contributed by atoms with Gasteiger partial charge in [-0.05, 0) is 81.5 Å². The Morgan fingerprint density at radius 3 is 2.61 bits per heavy atom. The summed E-state index contributed by atoms with van der Waals surface area (Å²) in [6.45, 7) is 5.36. The number of Topliss-reactive ketones (excluding diaryl/α,β-unsaturated/α-hetero) is 1. The quantitative estimate of drug-likeness (QED) is 0.454. The van der Waals surface area contributed by atoms with Crippen LogP contribution in [0, 0.1) is 34.8 Å². The number of halogens is 2. The lowest BCUT2D eigenvalue weighted by Crippen LogP contribution is -2.51. The molecule has 9 heteroatoms. The number of ketones is 1. The Morgan fingerprint density at radius 1 is 1.16 bits per heavy atom. The van der Waals surface area contributed by atoms with Crippen LogP contribution in [0.2, 0.25) is 0 Å². The first-order valence-corrected chi connectivity index (χ1v) is 12.8. The second kappa shape index (κ2) is 9.50. The van der Waals surface area contributed by atoms with Gasteiger partial charge in [0.05, 0.1) is 23.5 Å². The van der Waals surface area contributed by atoms with Gasteiger partial charge in [0.2, 0.25) is 0 Å². The Bertz CT molecular complexity index is 1550. The van der Waals surface area contributed by atoms with E-state index >= 15 is 0 Å². The molecule has 2 bridgehead atoms. The van der Waals surface area contributed by atoms with E-state index < -0.39 is 40.8 Å².